The van der Waals surface area contributed by atoms with Crippen molar-refractivity contribution in [3.05, 3.63) is 54.4 Å². The van der Waals surface area contributed by atoms with Crippen molar-refractivity contribution in [3.63, 3.8) is 0 Å². The Kier molecular flexibility index (Phi) is 3.88. The van der Waals surface area contributed by atoms with Gasteiger partial charge in [0, 0.05) is 18.4 Å². The molecule has 0 saturated carbocycles. The van der Waals surface area contributed by atoms with Crippen molar-refractivity contribution in [1.29, 1.82) is 0 Å². The molecule has 0 radical (unpaired) electrons. The number of nitrogens with two attached hydrogens (primary N) is 1. The Morgan fingerprint density at radius 2 is 2.05 bits per heavy atom. The van der Waals surface area contributed by atoms with Crippen LogP contribution in [0.1, 0.15) is 12.0 Å². The third kappa shape index (κ3) is 2.62. The molecule has 0 atom stereocenters. The number of rotatable bonds is 5. The molecule has 0 saturated heterocycles. The summed E-state index contributed by atoms with van der Waals surface area (Å²) in [6.45, 7) is 3.60. The quantitative estimate of drug-likeness (QED) is 0.776. The Hall–Kier alpha value is -2.33. The molecule has 0 aliphatic carbocycles. The van der Waals surface area contributed by atoms with E-state index in [1.165, 1.54) is 5.56 Å². The van der Waals surface area contributed by atoms with Crippen molar-refractivity contribution in [3.8, 4) is 0 Å². The highest BCUT2D eigenvalue weighted by Crippen LogP contribution is 2.32. The number of benzene rings is 1. The van der Waals surface area contributed by atoms with Gasteiger partial charge in [-0.05, 0) is 43.7 Å². The lowest BCUT2D eigenvalue weighted by Crippen LogP contribution is -2.22. The Bertz CT molecular complexity index is 735. The van der Waals surface area contributed by atoms with Crippen molar-refractivity contribution >= 4 is 22.5 Å². The summed E-state index contributed by atoms with van der Waals surface area (Å²) in [5, 5.41) is 1.03. The predicted octanol–water partition coefficient (Wildman–Crippen LogP) is 3.62. The molecular weight excluding hydrogens is 262 g/mol. The molecule has 4 heteroatoms. The molecule has 2 aromatic heterocycles. The summed E-state index contributed by atoms with van der Waals surface area (Å²) in [7, 11) is 0. The lowest BCUT2D eigenvalue weighted by molar-refractivity contribution is 0.615. The molecule has 0 unspecified atom stereocenters. The summed E-state index contributed by atoms with van der Waals surface area (Å²) in [5.74, 6) is 0.920. The monoisotopic (exact) mass is 281 g/mol. The van der Waals surface area contributed by atoms with E-state index in [9.17, 15) is 0 Å². The normalized spacial score (nSPS) is 11.0. The molecule has 3 aromatic rings. The second-order valence-corrected chi connectivity index (χ2v) is 5.05. The highest BCUT2D eigenvalue weighted by Gasteiger charge is 2.16. The minimum atomic E-state index is 0.656. The van der Waals surface area contributed by atoms with E-state index >= 15 is 0 Å². The third-order valence-corrected chi connectivity index (χ3v) is 3.61. The van der Waals surface area contributed by atoms with Gasteiger partial charge in [-0.2, -0.15) is 0 Å². The van der Waals surface area contributed by atoms with Crippen molar-refractivity contribution < 1.29 is 4.42 Å². The van der Waals surface area contributed by atoms with Crippen LogP contribution in [0.5, 0.6) is 0 Å². The topological polar surface area (TPSA) is 55.3 Å². The van der Waals surface area contributed by atoms with E-state index in [4.69, 9.17) is 10.2 Å². The zero-order valence-electron chi connectivity index (χ0n) is 12.1. The Morgan fingerprint density at radius 3 is 2.86 bits per heavy atom. The summed E-state index contributed by atoms with van der Waals surface area (Å²) < 4.78 is 5.49. The molecule has 21 heavy (non-hydrogen) atoms. The number of aromatic nitrogens is 1. The predicted molar refractivity (Wildman–Crippen MR) is 85.9 cm³/mol. The van der Waals surface area contributed by atoms with Crippen molar-refractivity contribution in [2.24, 2.45) is 5.73 Å². The summed E-state index contributed by atoms with van der Waals surface area (Å²) in [6, 6.07) is 12.2. The summed E-state index contributed by atoms with van der Waals surface area (Å²) >= 11 is 0. The van der Waals surface area contributed by atoms with E-state index in [0.29, 0.717) is 6.54 Å². The van der Waals surface area contributed by atoms with E-state index in [-0.39, 0.29) is 0 Å². The number of anilines is 2. The number of furan rings is 1. The van der Waals surface area contributed by atoms with Gasteiger partial charge in [0.05, 0.1) is 11.6 Å². The van der Waals surface area contributed by atoms with E-state index in [2.05, 4.69) is 28.9 Å². The number of fused-ring (bicyclic) bond motifs is 1. The minimum Gasteiger partial charge on any atom is -0.464 e. The highest BCUT2D eigenvalue weighted by atomic mass is 16.3. The maximum Gasteiger partial charge on any atom is 0.144 e. The molecule has 0 aliphatic rings. The van der Waals surface area contributed by atoms with E-state index in [0.717, 1.165) is 35.4 Å². The van der Waals surface area contributed by atoms with Gasteiger partial charge in [-0.25, -0.2) is 4.98 Å². The third-order valence-electron chi connectivity index (χ3n) is 3.61. The van der Waals surface area contributed by atoms with Crippen LogP contribution < -0.4 is 10.6 Å². The molecule has 4 nitrogen and oxygen atoms in total. The lowest BCUT2D eigenvalue weighted by atomic mass is 10.1. The molecule has 0 amide bonds. The van der Waals surface area contributed by atoms with Gasteiger partial charge in [-0.1, -0.05) is 18.2 Å². The van der Waals surface area contributed by atoms with E-state index < -0.39 is 0 Å². The summed E-state index contributed by atoms with van der Waals surface area (Å²) in [6.07, 6.45) is 4.40. The summed E-state index contributed by atoms with van der Waals surface area (Å²) in [5.41, 5.74) is 8.93. The zero-order chi connectivity index (χ0) is 14.7. The second kappa shape index (κ2) is 5.97. The first kappa shape index (κ1) is 13.6. The smallest absolute Gasteiger partial charge is 0.144 e. The molecule has 0 fully saturated rings. The number of pyridine rings is 1. The molecule has 0 aliphatic heterocycles. The van der Waals surface area contributed by atoms with Crippen LogP contribution >= 0.6 is 0 Å². The fourth-order valence-electron chi connectivity index (χ4n) is 2.55. The number of nitrogens with zero attached hydrogens (tertiary/aromatic N) is 2. The van der Waals surface area contributed by atoms with Gasteiger partial charge in [0.1, 0.15) is 11.4 Å². The van der Waals surface area contributed by atoms with Crippen LogP contribution in [0.3, 0.4) is 0 Å². The fraction of sp³-hybridized carbons (Fsp3) is 0.235. The van der Waals surface area contributed by atoms with Crippen LogP contribution in [0.4, 0.5) is 11.5 Å². The van der Waals surface area contributed by atoms with Crippen LogP contribution in [0.2, 0.25) is 0 Å². The van der Waals surface area contributed by atoms with E-state index in [1.807, 2.05) is 24.3 Å². The number of hydrogen-bond acceptors (Lipinski definition) is 4. The van der Waals surface area contributed by atoms with Crippen LogP contribution in [0.25, 0.3) is 11.0 Å². The van der Waals surface area contributed by atoms with Crippen LogP contribution in [-0.2, 0) is 0 Å². The fourth-order valence-corrected chi connectivity index (χ4v) is 2.55. The van der Waals surface area contributed by atoms with Gasteiger partial charge < -0.3 is 15.1 Å². The standard InChI is InChI=1S/C17H19N3O/c1-13-5-2-3-6-15(13)20(11-4-9-18)17-14-8-12-21-16(14)7-10-19-17/h2-3,5-8,10,12H,4,9,11,18H2,1H3. The summed E-state index contributed by atoms with van der Waals surface area (Å²) in [4.78, 5) is 6.80. The maximum atomic E-state index is 5.70. The highest BCUT2D eigenvalue weighted by molar-refractivity contribution is 5.90. The van der Waals surface area contributed by atoms with Crippen LogP contribution in [0.15, 0.2) is 53.3 Å². The largest absolute Gasteiger partial charge is 0.464 e. The number of para-hydroxylation sites is 1. The molecule has 0 bridgehead atoms. The Morgan fingerprint density at radius 1 is 1.19 bits per heavy atom. The minimum absolute atomic E-state index is 0.656. The molecule has 1 aromatic carbocycles. The van der Waals surface area contributed by atoms with E-state index in [1.54, 1.807) is 12.5 Å². The Balaban J connectivity index is 2.11. The average Bonchev–Trinajstić information content (AvgIpc) is 2.98. The first-order chi connectivity index (χ1) is 10.3. The number of hydrogen-bond donors (Lipinski definition) is 1. The van der Waals surface area contributed by atoms with Gasteiger partial charge >= 0.3 is 0 Å². The SMILES string of the molecule is Cc1ccccc1N(CCCN)c1nccc2occc12. The van der Waals surface area contributed by atoms with Crippen LogP contribution in [-0.4, -0.2) is 18.1 Å². The first-order valence-electron chi connectivity index (χ1n) is 7.16. The second-order valence-electron chi connectivity index (χ2n) is 5.05. The van der Waals surface area contributed by atoms with Gasteiger partial charge in [0.25, 0.3) is 0 Å². The molecule has 3 rings (SSSR count). The van der Waals surface area contributed by atoms with Gasteiger partial charge in [0.2, 0.25) is 0 Å². The molecule has 108 valence electrons. The molecule has 0 spiro atoms. The first-order valence-corrected chi connectivity index (χ1v) is 7.16. The molecule has 2 N–H and O–H groups in total. The van der Waals surface area contributed by atoms with Gasteiger partial charge in [0.15, 0.2) is 0 Å². The number of aryl methyl sites for hydroxylation is 1. The van der Waals surface area contributed by atoms with Crippen LogP contribution in [0, 0.1) is 6.92 Å². The Labute approximate surface area is 124 Å². The zero-order valence-corrected chi connectivity index (χ0v) is 12.1. The van der Waals surface area contributed by atoms with Gasteiger partial charge in [-0.3, -0.25) is 0 Å². The van der Waals surface area contributed by atoms with Crippen molar-refractivity contribution in [2.45, 2.75) is 13.3 Å². The lowest BCUT2D eigenvalue weighted by Gasteiger charge is -2.25. The van der Waals surface area contributed by atoms with Gasteiger partial charge in [-0.15, -0.1) is 0 Å². The van der Waals surface area contributed by atoms with Crippen molar-refractivity contribution in [2.75, 3.05) is 18.0 Å². The molecule has 2 heterocycles. The maximum absolute atomic E-state index is 5.70. The van der Waals surface area contributed by atoms with Crippen molar-refractivity contribution in [1.82, 2.24) is 4.98 Å². The molecular formula is C17H19N3O. The average molecular weight is 281 g/mol.